The Morgan fingerprint density at radius 3 is 2.86 bits per heavy atom. The molecule has 2 heterocycles. The molecule has 0 atom stereocenters. The van der Waals surface area contributed by atoms with Crippen LogP contribution in [0.5, 0.6) is 5.75 Å². The molecule has 28 heavy (non-hydrogen) atoms. The van der Waals surface area contributed by atoms with E-state index in [1.54, 1.807) is 13.4 Å². The van der Waals surface area contributed by atoms with E-state index in [0.717, 1.165) is 22.2 Å². The molecule has 0 unspecified atom stereocenters. The molecule has 7 nitrogen and oxygen atoms in total. The molecule has 0 aliphatic carbocycles. The number of nitrogens with zero attached hydrogens (tertiary/aromatic N) is 5. The van der Waals surface area contributed by atoms with Crippen LogP contribution in [0.15, 0.2) is 58.5 Å². The Kier molecular flexibility index (Phi) is 5.12. The van der Waals surface area contributed by atoms with Crippen molar-refractivity contribution in [3.8, 4) is 22.8 Å². The van der Waals surface area contributed by atoms with Gasteiger partial charge in [0.05, 0.1) is 18.6 Å². The first-order valence-electron chi connectivity index (χ1n) is 8.71. The van der Waals surface area contributed by atoms with Crippen LogP contribution in [0.25, 0.3) is 17.1 Å². The molecule has 0 bridgehead atoms. The standard InChI is InChI=1S/C20H19N5O2S/c1-13-7-8-17(14(2)9-13)25-12-21-23-20(25)28-11-18-22-19(24-27-18)15-5-4-6-16(10-15)26-3/h4-10,12H,11H2,1-3H3. The first-order chi connectivity index (χ1) is 13.6. The molecular weight excluding hydrogens is 374 g/mol. The largest absolute Gasteiger partial charge is 0.497 e. The van der Waals surface area contributed by atoms with Crippen LogP contribution < -0.4 is 4.74 Å². The Balaban J connectivity index is 1.50. The van der Waals surface area contributed by atoms with E-state index in [4.69, 9.17) is 9.26 Å². The van der Waals surface area contributed by atoms with Crippen LogP contribution in [0, 0.1) is 13.8 Å². The van der Waals surface area contributed by atoms with Crippen LogP contribution in [0.1, 0.15) is 17.0 Å². The fourth-order valence-electron chi connectivity index (χ4n) is 2.88. The van der Waals surface area contributed by atoms with Crippen molar-refractivity contribution >= 4 is 11.8 Å². The Morgan fingerprint density at radius 1 is 1.14 bits per heavy atom. The van der Waals surface area contributed by atoms with Gasteiger partial charge < -0.3 is 9.26 Å². The van der Waals surface area contributed by atoms with E-state index in [1.807, 2.05) is 28.8 Å². The fraction of sp³-hybridized carbons (Fsp3) is 0.200. The molecule has 0 fully saturated rings. The molecule has 2 aromatic carbocycles. The van der Waals surface area contributed by atoms with E-state index in [1.165, 1.54) is 22.9 Å². The summed E-state index contributed by atoms with van der Waals surface area (Å²) in [6.07, 6.45) is 1.72. The highest BCUT2D eigenvalue weighted by molar-refractivity contribution is 7.98. The molecule has 142 valence electrons. The van der Waals surface area contributed by atoms with Crippen molar-refractivity contribution in [2.45, 2.75) is 24.8 Å². The smallest absolute Gasteiger partial charge is 0.237 e. The maximum absolute atomic E-state index is 5.40. The zero-order valence-corrected chi connectivity index (χ0v) is 16.6. The van der Waals surface area contributed by atoms with Crippen LogP contribution in [0.3, 0.4) is 0 Å². The summed E-state index contributed by atoms with van der Waals surface area (Å²) in [7, 11) is 1.63. The predicted octanol–water partition coefficient (Wildman–Crippen LogP) is 4.24. The van der Waals surface area contributed by atoms with Gasteiger partial charge in [0, 0.05) is 5.56 Å². The van der Waals surface area contributed by atoms with Gasteiger partial charge >= 0.3 is 0 Å². The highest BCUT2D eigenvalue weighted by Crippen LogP contribution is 2.26. The predicted molar refractivity (Wildman–Crippen MR) is 107 cm³/mol. The zero-order valence-electron chi connectivity index (χ0n) is 15.8. The van der Waals surface area contributed by atoms with Gasteiger partial charge in [-0.1, -0.05) is 46.7 Å². The third kappa shape index (κ3) is 3.77. The molecule has 4 aromatic rings. The number of hydrogen-bond acceptors (Lipinski definition) is 7. The van der Waals surface area contributed by atoms with Crippen LogP contribution in [0.4, 0.5) is 0 Å². The summed E-state index contributed by atoms with van der Waals surface area (Å²) < 4.78 is 12.6. The van der Waals surface area contributed by atoms with Gasteiger partial charge in [0.1, 0.15) is 12.1 Å². The molecular formula is C20H19N5O2S. The highest BCUT2D eigenvalue weighted by atomic mass is 32.2. The third-order valence-corrected chi connectivity index (χ3v) is 5.18. The maximum Gasteiger partial charge on any atom is 0.237 e. The molecule has 0 amide bonds. The van der Waals surface area contributed by atoms with Crippen LogP contribution >= 0.6 is 11.8 Å². The summed E-state index contributed by atoms with van der Waals surface area (Å²) in [5.41, 5.74) is 4.29. The number of aromatic nitrogens is 5. The number of hydrogen-bond donors (Lipinski definition) is 0. The summed E-state index contributed by atoms with van der Waals surface area (Å²) in [5.74, 6) is 2.31. The minimum atomic E-state index is 0.501. The monoisotopic (exact) mass is 393 g/mol. The highest BCUT2D eigenvalue weighted by Gasteiger charge is 2.14. The molecule has 0 N–H and O–H groups in total. The van der Waals surface area contributed by atoms with E-state index in [9.17, 15) is 0 Å². The number of methoxy groups -OCH3 is 1. The van der Waals surface area contributed by atoms with E-state index in [2.05, 4.69) is 52.4 Å². The van der Waals surface area contributed by atoms with Crippen molar-refractivity contribution in [3.05, 3.63) is 65.8 Å². The molecule has 0 aliphatic heterocycles. The van der Waals surface area contributed by atoms with Gasteiger partial charge in [-0.15, -0.1) is 10.2 Å². The summed E-state index contributed by atoms with van der Waals surface area (Å²) >= 11 is 1.50. The number of rotatable bonds is 6. The van der Waals surface area contributed by atoms with E-state index >= 15 is 0 Å². The van der Waals surface area contributed by atoms with Crippen molar-refractivity contribution in [1.29, 1.82) is 0 Å². The lowest BCUT2D eigenvalue weighted by Crippen LogP contribution is -1.98. The Morgan fingerprint density at radius 2 is 2.04 bits per heavy atom. The average Bonchev–Trinajstić information content (AvgIpc) is 3.36. The summed E-state index contributed by atoms with van der Waals surface area (Å²) in [6.45, 7) is 4.16. The van der Waals surface area contributed by atoms with Gasteiger partial charge in [-0.25, -0.2) is 0 Å². The van der Waals surface area contributed by atoms with Crippen LogP contribution in [-0.4, -0.2) is 32.0 Å². The second-order valence-corrected chi connectivity index (χ2v) is 7.25. The molecule has 0 saturated carbocycles. The normalized spacial score (nSPS) is 11.0. The maximum atomic E-state index is 5.40. The summed E-state index contributed by atoms with van der Waals surface area (Å²) in [6, 6.07) is 13.9. The van der Waals surface area contributed by atoms with Crippen molar-refractivity contribution in [2.24, 2.45) is 0 Å². The average molecular weight is 393 g/mol. The first kappa shape index (κ1) is 18.2. The quantitative estimate of drug-likeness (QED) is 0.453. The minimum absolute atomic E-state index is 0.501. The second-order valence-electron chi connectivity index (χ2n) is 6.31. The Bertz CT molecular complexity index is 1110. The third-order valence-electron chi connectivity index (χ3n) is 4.25. The Labute approximate surface area is 166 Å². The molecule has 0 saturated heterocycles. The molecule has 0 spiro atoms. The molecule has 0 radical (unpaired) electrons. The topological polar surface area (TPSA) is 78.9 Å². The van der Waals surface area contributed by atoms with Crippen molar-refractivity contribution < 1.29 is 9.26 Å². The lowest BCUT2D eigenvalue weighted by molar-refractivity contribution is 0.391. The van der Waals surface area contributed by atoms with Crippen molar-refractivity contribution in [2.75, 3.05) is 7.11 Å². The van der Waals surface area contributed by atoms with Gasteiger partial charge in [-0.2, -0.15) is 4.98 Å². The molecule has 8 heteroatoms. The lowest BCUT2D eigenvalue weighted by atomic mass is 10.1. The van der Waals surface area contributed by atoms with E-state index < -0.39 is 0 Å². The van der Waals surface area contributed by atoms with Gasteiger partial charge in [0.25, 0.3) is 0 Å². The van der Waals surface area contributed by atoms with E-state index in [0.29, 0.717) is 17.5 Å². The van der Waals surface area contributed by atoms with Crippen LogP contribution in [0.2, 0.25) is 0 Å². The lowest BCUT2D eigenvalue weighted by Gasteiger charge is -2.09. The first-order valence-corrected chi connectivity index (χ1v) is 9.70. The van der Waals surface area contributed by atoms with Gasteiger partial charge in [0.2, 0.25) is 11.7 Å². The SMILES string of the molecule is COc1cccc(-c2noc(CSc3nncn3-c3ccc(C)cc3C)n2)c1. The van der Waals surface area contributed by atoms with Gasteiger partial charge in [-0.3, -0.25) is 4.57 Å². The summed E-state index contributed by atoms with van der Waals surface area (Å²) in [5, 5.41) is 13.1. The summed E-state index contributed by atoms with van der Waals surface area (Å²) in [4.78, 5) is 4.48. The van der Waals surface area contributed by atoms with Crippen molar-refractivity contribution in [1.82, 2.24) is 24.9 Å². The number of aryl methyl sites for hydroxylation is 2. The molecule has 0 aliphatic rings. The number of benzene rings is 2. The van der Waals surface area contributed by atoms with E-state index in [-0.39, 0.29) is 0 Å². The zero-order chi connectivity index (χ0) is 19.5. The minimum Gasteiger partial charge on any atom is -0.497 e. The van der Waals surface area contributed by atoms with Crippen molar-refractivity contribution in [3.63, 3.8) is 0 Å². The Hall–Kier alpha value is -3.13. The number of ether oxygens (including phenoxy) is 1. The fourth-order valence-corrected chi connectivity index (χ4v) is 3.64. The second kappa shape index (κ2) is 7.85. The molecule has 4 rings (SSSR count). The van der Waals surface area contributed by atoms with Gasteiger partial charge in [0.15, 0.2) is 5.16 Å². The number of thioether (sulfide) groups is 1. The molecule has 2 aromatic heterocycles. The van der Waals surface area contributed by atoms with Crippen LogP contribution in [-0.2, 0) is 5.75 Å². The van der Waals surface area contributed by atoms with Gasteiger partial charge in [-0.05, 0) is 37.6 Å².